The molecule has 4 nitrogen and oxygen atoms in total. The topological polar surface area (TPSA) is 49.4 Å². The molecule has 2 rings (SSSR count). The number of nitrogens with zero attached hydrogens (tertiary/aromatic N) is 1. The van der Waals surface area contributed by atoms with Gasteiger partial charge in [-0.1, -0.05) is 0 Å². The molecule has 2 amide bonds. The highest BCUT2D eigenvalue weighted by atomic mass is 16.2. The quantitative estimate of drug-likeness (QED) is 0.606. The summed E-state index contributed by atoms with van der Waals surface area (Å²) in [5.41, 5.74) is 0. The van der Waals surface area contributed by atoms with Crippen LogP contribution in [0.15, 0.2) is 0 Å². The summed E-state index contributed by atoms with van der Waals surface area (Å²) in [5, 5.41) is 2.75. The maximum atomic E-state index is 11.9. The highest BCUT2D eigenvalue weighted by molar-refractivity contribution is 6.00. The fourth-order valence-corrected chi connectivity index (χ4v) is 2.17. The zero-order chi connectivity index (χ0) is 9.97. The van der Waals surface area contributed by atoms with Crippen molar-refractivity contribution in [1.29, 1.82) is 0 Å². The molecule has 1 atom stereocenters. The van der Waals surface area contributed by atoms with Crippen LogP contribution in [0.4, 0.5) is 0 Å². The Kier molecular flexibility index (Phi) is 2.70. The van der Waals surface area contributed by atoms with Gasteiger partial charge in [0.2, 0.25) is 11.8 Å². The predicted molar refractivity (Wildman–Crippen MR) is 51.5 cm³/mol. The monoisotopic (exact) mass is 196 g/mol. The van der Waals surface area contributed by atoms with Gasteiger partial charge in [-0.05, 0) is 25.7 Å². The normalized spacial score (nSPS) is 27.6. The van der Waals surface area contributed by atoms with Crippen molar-refractivity contribution >= 4 is 11.8 Å². The van der Waals surface area contributed by atoms with E-state index in [1.165, 1.54) is 0 Å². The minimum absolute atomic E-state index is 0.0414. The summed E-state index contributed by atoms with van der Waals surface area (Å²) in [4.78, 5) is 25.1. The van der Waals surface area contributed by atoms with E-state index in [1.54, 1.807) is 0 Å². The van der Waals surface area contributed by atoms with E-state index in [2.05, 4.69) is 5.32 Å². The molecule has 2 fully saturated rings. The summed E-state index contributed by atoms with van der Waals surface area (Å²) < 4.78 is 0. The van der Waals surface area contributed by atoms with E-state index < -0.39 is 5.92 Å². The second kappa shape index (κ2) is 3.98. The molecule has 2 heterocycles. The van der Waals surface area contributed by atoms with Crippen LogP contribution < -0.4 is 5.32 Å². The van der Waals surface area contributed by atoms with Crippen LogP contribution in [0.3, 0.4) is 0 Å². The number of hydrogen-bond donors (Lipinski definition) is 1. The summed E-state index contributed by atoms with van der Waals surface area (Å²) >= 11 is 0. The molecule has 14 heavy (non-hydrogen) atoms. The first-order valence-electron chi connectivity index (χ1n) is 5.35. The number of hydrogen-bond acceptors (Lipinski definition) is 2. The van der Waals surface area contributed by atoms with Gasteiger partial charge in [-0.2, -0.15) is 0 Å². The molecular formula is C10H16N2O2. The molecule has 1 N–H and O–H groups in total. The van der Waals surface area contributed by atoms with Crippen molar-refractivity contribution in [2.24, 2.45) is 5.92 Å². The summed E-state index contributed by atoms with van der Waals surface area (Å²) in [5.74, 6) is -0.435. The van der Waals surface area contributed by atoms with Gasteiger partial charge >= 0.3 is 0 Å². The molecule has 0 saturated carbocycles. The lowest BCUT2D eigenvalue weighted by Gasteiger charge is -2.25. The standard InChI is InChI=1S/C10H16N2O2/c13-9-8(4-3-5-11-9)10(14)12-6-1-2-7-12/h8H,1-7H2,(H,11,13). The van der Waals surface area contributed by atoms with Crippen LogP contribution in [0.25, 0.3) is 0 Å². The molecule has 78 valence electrons. The van der Waals surface area contributed by atoms with Crippen LogP contribution in [-0.2, 0) is 9.59 Å². The third kappa shape index (κ3) is 1.74. The fraction of sp³-hybridized carbons (Fsp3) is 0.800. The second-order valence-corrected chi connectivity index (χ2v) is 4.02. The van der Waals surface area contributed by atoms with Crippen molar-refractivity contribution in [2.45, 2.75) is 25.7 Å². The lowest BCUT2D eigenvalue weighted by Crippen LogP contribution is -2.45. The fourth-order valence-electron chi connectivity index (χ4n) is 2.17. The predicted octanol–water partition coefficient (Wildman–Crippen LogP) is 0.135. The van der Waals surface area contributed by atoms with Crippen molar-refractivity contribution in [2.75, 3.05) is 19.6 Å². The molecule has 0 radical (unpaired) electrons. The maximum Gasteiger partial charge on any atom is 0.235 e. The van der Waals surface area contributed by atoms with Gasteiger partial charge in [-0.3, -0.25) is 9.59 Å². The molecule has 0 aliphatic carbocycles. The van der Waals surface area contributed by atoms with Crippen LogP contribution >= 0.6 is 0 Å². The Labute approximate surface area is 83.6 Å². The van der Waals surface area contributed by atoms with E-state index in [4.69, 9.17) is 0 Å². The minimum atomic E-state index is -0.401. The molecule has 2 aliphatic rings. The van der Waals surface area contributed by atoms with Gasteiger partial charge in [-0.15, -0.1) is 0 Å². The minimum Gasteiger partial charge on any atom is -0.355 e. The number of carbonyl (C=O) groups is 2. The number of nitrogens with one attached hydrogen (secondary N) is 1. The number of carbonyl (C=O) groups excluding carboxylic acids is 2. The third-order valence-corrected chi connectivity index (χ3v) is 3.00. The van der Waals surface area contributed by atoms with E-state index in [0.717, 1.165) is 45.3 Å². The van der Waals surface area contributed by atoms with Gasteiger partial charge in [0.15, 0.2) is 0 Å². The Hall–Kier alpha value is -1.06. The van der Waals surface area contributed by atoms with E-state index in [9.17, 15) is 9.59 Å². The summed E-state index contributed by atoms with van der Waals surface area (Å²) in [7, 11) is 0. The first-order chi connectivity index (χ1) is 6.79. The van der Waals surface area contributed by atoms with Gasteiger partial charge in [-0.25, -0.2) is 0 Å². The molecular weight excluding hydrogens is 180 g/mol. The van der Waals surface area contributed by atoms with Crippen LogP contribution in [0.5, 0.6) is 0 Å². The average Bonchev–Trinajstić information content (AvgIpc) is 2.70. The van der Waals surface area contributed by atoms with E-state index >= 15 is 0 Å². The average molecular weight is 196 g/mol. The molecule has 0 aromatic heterocycles. The van der Waals surface area contributed by atoms with E-state index in [0.29, 0.717) is 0 Å². The molecule has 0 bridgehead atoms. The van der Waals surface area contributed by atoms with Crippen molar-refractivity contribution in [3.05, 3.63) is 0 Å². The highest BCUT2D eigenvalue weighted by Crippen LogP contribution is 2.18. The summed E-state index contributed by atoms with van der Waals surface area (Å²) in [6.07, 6.45) is 3.82. The van der Waals surface area contributed by atoms with Gasteiger partial charge in [0.1, 0.15) is 5.92 Å². The molecule has 4 heteroatoms. The SMILES string of the molecule is O=C1NCCCC1C(=O)N1CCCC1. The maximum absolute atomic E-state index is 11.9. The lowest BCUT2D eigenvalue weighted by molar-refractivity contribution is -0.142. The van der Waals surface area contributed by atoms with Crippen LogP contribution in [0, 0.1) is 5.92 Å². The van der Waals surface area contributed by atoms with Crippen molar-refractivity contribution < 1.29 is 9.59 Å². The van der Waals surface area contributed by atoms with Crippen molar-refractivity contribution in [3.63, 3.8) is 0 Å². The number of amides is 2. The van der Waals surface area contributed by atoms with Crippen molar-refractivity contribution in [1.82, 2.24) is 10.2 Å². The van der Waals surface area contributed by atoms with Gasteiger partial charge in [0.25, 0.3) is 0 Å². The zero-order valence-electron chi connectivity index (χ0n) is 8.29. The summed E-state index contributed by atoms with van der Waals surface area (Å²) in [6.45, 7) is 2.40. The summed E-state index contributed by atoms with van der Waals surface area (Å²) in [6, 6.07) is 0. The van der Waals surface area contributed by atoms with E-state index in [1.807, 2.05) is 4.90 Å². The van der Waals surface area contributed by atoms with Crippen LogP contribution in [-0.4, -0.2) is 36.3 Å². The Bertz CT molecular complexity index is 247. The number of likely N-dealkylation sites (tertiary alicyclic amines) is 1. The second-order valence-electron chi connectivity index (χ2n) is 4.02. The van der Waals surface area contributed by atoms with Crippen LogP contribution in [0.2, 0.25) is 0 Å². The Morgan fingerprint density at radius 1 is 1.29 bits per heavy atom. The van der Waals surface area contributed by atoms with Crippen molar-refractivity contribution in [3.8, 4) is 0 Å². The first-order valence-corrected chi connectivity index (χ1v) is 5.35. The lowest BCUT2D eigenvalue weighted by atomic mass is 9.97. The smallest absolute Gasteiger partial charge is 0.235 e. The zero-order valence-corrected chi connectivity index (χ0v) is 8.29. The first kappa shape index (κ1) is 9.49. The van der Waals surface area contributed by atoms with Crippen LogP contribution in [0.1, 0.15) is 25.7 Å². The molecule has 0 spiro atoms. The molecule has 0 aromatic carbocycles. The number of rotatable bonds is 1. The Morgan fingerprint density at radius 3 is 2.64 bits per heavy atom. The Morgan fingerprint density at radius 2 is 2.00 bits per heavy atom. The molecule has 0 aromatic rings. The largest absolute Gasteiger partial charge is 0.355 e. The third-order valence-electron chi connectivity index (χ3n) is 3.00. The van der Waals surface area contributed by atoms with Gasteiger partial charge in [0.05, 0.1) is 0 Å². The van der Waals surface area contributed by atoms with E-state index in [-0.39, 0.29) is 11.8 Å². The highest BCUT2D eigenvalue weighted by Gasteiger charge is 2.33. The molecule has 1 unspecified atom stereocenters. The Balaban J connectivity index is 1.98. The number of piperidine rings is 1. The van der Waals surface area contributed by atoms with Gasteiger partial charge < -0.3 is 10.2 Å². The molecule has 2 saturated heterocycles. The molecule has 2 aliphatic heterocycles. The van der Waals surface area contributed by atoms with Gasteiger partial charge in [0, 0.05) is 19.6 Å².